The third kappa shape index (κ3) is 8.20. The zero-order valence-corrected chi connectivity index (χ0v) is 34.7. The highest BCUT2D eigenvalue weighted by atomic mass is 32.2. The summed E-state index contributed by atoms with van der Waals surface area (Å²) in [6.07, 6.45) is 1.66. The number of fused-ring (bicyclic) bond motifs is 10. The summed E-state index contributed by atoms with van der Waals surface area (Å²) in [4.78, 5) is 25.2. The van der Waals surface area contributed by atoms with Gasteiger partial charge in [0.25, 0.3) is 11.1 Å². The number of sulfonamides is 2. The molecule has 0 saturated carbocycles. The van der Waals surface area contributed by atoms with Crippen LogP contribution in [0.15, 0.2) is 92.2 Å². The summed E-state index contributed by atoms with van der Waals surface area (Å²) < 4.78 is 98.3. The average molecular weight is 865 g/mol. The van der Waals surface area contributed by atoms with E-state index in [2.05, 4.69) is 0 Å². The fraction of sp³-hybridized carbons (Fsp3) is 0.476. The highest BCUT2D eigenvalue weighted by Crippen LogP contribution is 2.40. The number of ether oxygens (including phenoxy) is 6. The van der Waals surface area contributed by atoms with E-state index < -0.39 is 20.0 Å². The van der Waals surface area contributed by atoms with E-state index in [1.54, 1.807) is 45.5 Å². The molecule has 0 radical (unpaired) electrons. The smallest absolute Gasteiger partial charge is 0.250 e. The molecule has 16 nitrogen and oxygen atoms in total. The molecule has 9 rings (SSSR count). The van der Waals surface area contributed by atoms with Crippen LogP contribution in [0.2, 0.25) is 0 Å². The normalized spacial score (nSPS) is 24.3. The molecule has 2 aromatic heterocycles. The maximum absolute atomic E-state index is 14.0. The molecular formula is C42H48N4O12S2. The summed E-state index contributed by atoms with van der Waals surface area (Å²) in [6, 6.07) is 19.5. The van der Waals surface area contributed by atoms with Crippen LogP contribution in [0.4, 0.5) is 0 Å². The Morgan fingerprint density at radius 3 is 1.27 bits per heavy atom. The first-order valence-electron chi connectivity index (χ1n) is 20.4. The Labute approximate surface area is 348 Å². The summed E-state index contributed by atoms with van der Waals surface area (Å²) in [5, 5.41) is 0. The van der Waals surface area contributed by atoms with Crippen molar-refractivity contribution in [3.63, 3.8) is 0 Å². The SMILES string of the molecule is O=c1cccc2n1C[C@H]1C[C@@H]2CN(S(=O)(=O)c2ccc3c(c2)OCCOCCOc2ccc(S(=O)(=O)N4C[C@@H]5C[C@H](C4)c4cccc(=O)n4C5)cc2OCCOCCO3)C1. The molecule has 0 N–H and O–H groups in total. The van der Waals surface area contributed by atoms with Crippen LogP contribution in [-0.4, -0.2) is 114 Å². The summed E-state index contributed by atoms with van der Waals surface area (Å²) in [5.74, 6) is 1.10. The van der Waals surface area contributed by atoms with Gasteiger partial charge in [-0.2, -0.15) is 8.61 Å². The summed E-state index contributed by atoms with van der Waals surface area (Å²) in [7, 11) is -7.81. The van der Waals surface area contributed by atoms with Crippen molar-refractivity contribution >= 4 is 20.0 Å². The molecule has 320 valence electrons. The molecule has 18 heteroatoms. The summed E-state index contributed by atoms with van der Waals surface area (Å²) in [6.45, 7) is 3.28. The van der Waals surface area contributed by atoms with Crippen molar-refractivity contribution in [1.82, 2.24) is 17.7 Å². The second kappa shape index (κ2) is 17.0. The van der Waals surface area contributed by atoms with Gasteiger partial charge in [-0.3, -0.25) is 9.59 Å². The summed E-state index contributed by atoms with van der Waals surface area (Å²) >= 11 is 0. The molecule has 2 saturated heterocycles. The molecule has 0 amide bonds. The van der Waals surface area contributed by atoms with E-state index in [1.165, 1.54) is 32.9 Å². The fourth-order valence-corrected chi connectivity index (χ4v) is 12.4. The van der Waals surface area contributed by atoms with E-state index in [0.29, 0.717) is 37.7 Å². The van der Waals surface area contributed by atoms with Crippen molar-refractivity contribution in [1.29, 1.82) is 0 Å². The van der Waals surface area contributed by atoms with Gasteiger partial charge in [0.1, 0.15) is 26.4 Å². The second-order valence-electron chi connectivity index (χ2n) is 15.9. The van der Waals surface area contributed by atoms with Gasteiger partial charge in [-0.15, -0.1) is 0 Å². The number of rotatable bonds is 4. The molecule has 5 aliphatic heterocycles. The second-order valence-corrected chi connectivity index (χ2v) is 19.8. The van der Waals surface area contributed by atoms with Gasteiger partial charge in [-0.1, -0.05) is 12.1 Å². The van der Waals surface area contributed by atoms with Crippen molar-refractivity contribution in [3.8, 4) is 23.0 Å². The van der Waals surface area contributed by atoms with Crippen LogP contribution in [0.3, 0.4) is 0 Å². The van der Waals surface area contributed by atoms with Gasteiger partial charge in [-0.05, 0) is 61.1 Å². The van der Waals surface area contributed by atoms with Crippen LogP contribution >= 0.6 is 0 Å². The lowest BCUT2D eigenvalue weighted by atomic mass is 9.84. The van der Waals surface area contributed by atoms with Crippen LogP contribution in [0, 0.1) is 11.8 Å². The standard InChI is InChI=1S/C42H48N4O12S2/c47-41-5-1-3-35-31-19-29(25-45(35)41)23-43(27-31)59(49,50)33-7-9-37-39(21-33)57-17-13-53-12-16-56-38-10-8-34(22-40(38)58-18-14-54-11-15-55-37)60(51,52)44-24-30-20-32(28-44)36-4-2-6-42(48)46(36)26-30/h1-10,21-22,29-32H,11-20,23-28H2/t29-,30-,31+,32+/m0/s1. The predicted octanol–water partition coefficient (Wildman–Crippen LogP) is 2.89. The maximum Gasteiger partial charge on any atom is 0.250 e. The number of benzene rings is 2. The first kappa shape index (κ1) is 40.7. The van der Waals surface area contributed by atoms with Crippen molar-refractivity contribution in [2.24, 2.45) is 11.8 Å². The molecule has 60 heavy (non-hydrogen) atoms. The molecule has 0 unspecified atom stereocenters. The zero-order valence-electron chi connectivity index (χ0n) is 33.1. The Bertz CT molecular complexity index is 2400. The van der Waals surface area contributed by atoms with E-state index in [0.717, 1.165) is 24.2 Å². The number of pyridine rings is 2. The van der Waals surface area contributed by atoms with Crippen LogP contribution in [0.1, 0.15) is 36.1 Å². The van der Waals surface area contributed by atoms with Gasteiger partial charge in [0, 0.05) is 86.8 Å². The van der Waals surface area contributed by atoms with Crippen LogP contribution in [-0.2, 0) is 42.6 Å². The first-order chi connectivity index (χ1) is 29.0. The third-order valence-corrected chi connectivity index (χ3v) is 15.6. The van der Waals surface area contributed by atoms with E-state index in [1.807, 2.05) is 12.1 Å². The van der Waals surface area contributed by atoms with Gasteiger partial charge in [0.15, 0.2) is 23.0 Å². The minimum absolute atomic E-state index is 0.0261. The first-order valence-corrected chi connectivity index (χ1v) is 23.3. The highest BCUT2D eigenvalue weighted by Gasteiger charge is 2.41. The molecule has 5 aliphatic rings. The van der Waals surface area contributed by atoms with E-state index >= 15 is 0 Å². The monoisotopic (exact) mass is 864 g/mol. The third-order valence-electron chi connectivity index (χ3n) is 11.9. The Kier molecular flexibility index (Phi) is 11.5. The van der Waals surface area contributed by atoms with Crippen LogP contribution < -0.4 is 30.1 Å². The van der Waals surface area contributed by atoms with Crippen molar-refractivity contribution in [3.05, 3.63) is 105 Å². The maximum atomic E-state index is 14.0. The molecule has 4 bridgehead atoms. The lowest BCUT2D eigenvalue weighted by Gasteiger charge is -2.42. The van der Waals surface area contributed by atoms with E-state index in [-0.39, 0.29) is 122 Å². The molecular weight excluding hydrogens is 817 g/mol. The largest absolute Gasteiger partial charge is 0.487 e. The number of nitrogens with zero attached hydrogens (tertiary/aromatic N) is 4. The molecule has 4 aromatic rings. The number of piperidine rings is 2. The molecule has 2 aromatic carbocycles. The fourth-order valence-electron chi connectivity index (χ4n) is 9.20. The predicted molar refractivity (Wildman–Crippen MR) is 217 cm³/mol. The topological polar surface area (TPSA) is 174 Å². The van der Waals surface area contributed by atoms with Gasteiger partial charge in [0.05, 0.1) is 36.2 Å². The Morgan fingerprint density at radius 1 is 0.450 bits per heavy atom. The molecule has 4 atom stereocenters. The zero-order chi connectivity index (χ0) is 41.4. The molecule has 7 heterocycles. The van der Waals surface area contributed by atoms with Gasteiger partial charge >= 0.3 is 0 Å². The lowest BCUT2D eigenvalue weighted by Crippen LogP contribution is -2.49. The van der Waals surface area contributed by atoms with Crippen molar-refractivity contribution in [2.75, 3.05) is 79.0 Å². The van der Waals surface area contributed by atoms with Crippen LogP contribution in [0.5, 0.6) is 23.0 Å². The highest BCUT2D eigenvalue weighted by molar-refractivity contribution is 7.89. The molecule has 2 fully saturated rings. The Hall–Kier alpha value is -4.72. The van der Waals surface area contributed by atoms with Crippen molar-refractivity contribution < 1.29 is 45.3 Å². The molecule has 0 spiro atoms. The molecule has 0 aliphatic carbocycles. The summed E-state index contributed by atoms with van der Waals surface area (Å²) in [5.41, 5.74) is 1.61. The number of aromatic nitrogens is 2. The number of hydrogen-bond acceptors (Lipinski definition) is 12. The van der Waals surface area contributed by atoms with Gasteiger partial charge in [-0.25, -0.2) is 16.8 Å². The Morgan fingerprint density at radius 2 is 0.850 bits per heavy atom. The Balaban J connectivity index is 0.844. The number of hydrogen-bond donors (Lipinski definition) is 0. The van der Waals surface area contributed by atoms with Gasteiger partial charge in [0.2, 0.25) is 20.0 Å². The minimum Gasteiger partial charge on any atom is -0.487 e. The van der Waals surface area contributed by atoms with Crippen LogP contribution in [0.25, 0.3) is 0 Å². The quantitative estimate of drug-likeness (QED) is 0.294. The van der Waals surface area contributed by atoms with Gasteiger partial charge < -0.3 is 37.6 Å². The lowest BCUT2D eigenvalue weighted by molar-refractivity contribution is 0.0639. The minimum atomic E-state index is -3.91. The van der Waals surface area contributed by atoms with E-state index in [4.69, 9.17) is 28.4 Å². The average Bonchev–Trinajstić information content (AvgIpc) is 3.24. The van der Waals surface area contributed by atoms with E-state index in [9.17, 15) is 26.4 Å². The van der Waals surface area contributed by atoms with Crippen molar-refractivity contribution in [2.45, 2.75) is 47.6 Å².